The summed E-state index contributed by atoms with van der Waals surface area (Å²) in [6.45, 7) is 2.33. The van der Waals surface area contributed by atoms with Gasteiger partial charge in [-0.05, 0) is 6.92 Å². The maximum atomic E-state index is 11.7. The van der Waals surface area contributed by atoms with Gasteiger partial charge in [0, 0.05) is 25.7 Å². The lowest BCUT2D eigenvalue weighted by Crippen LogP contribution is -2.26. The molecular formula is C10H14N6O. The molecule has 2 aromatic rings. The summed E-state index contributed by atoms with van der Waals surface area (Å²) in [5, 5.41) is 17.0. The van der Waals surface area contributed by atoms with Crippen LogP contribution in [0.2, 0.25) is 0 Å². The first-order chi connectivity index (χ1) is 8.18. The number of amides is 1. The van der Waals surface area contributed by atoms with Gasteiger partial charge < -0.3 is 9.88 Å². The van der Waals surface area contributed by atoms with E-state index in [4.69, 9.17) is 0 Å². The average Bonchev–Trinajstić information content (AvgIpc) is 2.88. The average molecular weight is 234 g/mol. The minimum Gasteiger partial charge on any atom is -0.351 e. The summed E-state index contributed by atoms with van der Waals surface area (Å²) in [5.74, 6) is 0.715. The van der Waals surface area contributed by atoms with Crippen molar-refractivity contribution in [3.05, 3.63) is 29.6 Å². The van der Waals surface area contributed by atoms with Gasteiger partial charge in [-0.15, -0.1) is 10.2 Å². The summed E-state index contributed by atoms with van der Waals surface area (Å²) in [4.78, 5) is 11.7. The lowest BCUT2D eigenvalue weighted by Gasteiger charge is -2.03. The first-order valence-corrected chi connectivity index (χ1v) is 5.29. The number of nitrogens with zero attached hydrogens (tertiary/aromatic N) is 4. The number of hydrogen-bond donors (Lipinski definition) is 2. The molecule has 90 valence electrons. The number of carbonyl (C=O) groups is 1. The van der Waals surface area contributed by atoms with Crippen molar-refractivity contribution in [3.8, 4) is 0 Å². The van der Waals surface area contributed by atoms with Crippen LogP contribution in [0.1, 0.15) is 21.9 Å². The molecule has 0 fully saturated rings. The Kier molecular flexibility index (Phi) is 3.17. The molecule has 1 amide bonds. The minimum absolute atomic E-state index is 0.126. The molecule has 7 heteroatoms. The molecule has 2 heterocycles. The second-order valence-electron chi connectivity index (χ2n) is 3.77. The Bertz CT molecular complexity index is 514. The second kappa shape index (κ2) is 4.77. The van der Waals surface area contributed by atoms with Crippen LogP contribution in [0.5, 0.6) is 0 Å². The van der Waals surface area contributed by atoms with Crippen molar-refractivity contribution in [1.82, 2.24) is 30.3 Å². The molecule has 17 heavy (non-hydrogen) atoms. The molecule has 0 unspecified atom stereocenters. The zero-order chi connectivity index (χ0) is 12.3. The predicted molar refractivity (Wildman–Crippen MR) is 60.4 cm³/mol. The number of hydrogen-bond acceptors (Lipinski definition) is 4. The van der Waals surface area contributed by atoms with E-state index in [1.807, 2.05) is 18.5 Å². The Morgan fingerprint density at radius 2 is 2.41 bits per heavy atom. The SMILES string of the molecule is Cc1[nH]ncc1C(=O)NCCc1nncn1C. The zero-order valence-corrected chi connectivity index (χ0v) is 9.77. The number of aromatic amines is 1. The van der Waals surface area contributed by atoms with Crippen LogP contribution >= 0.6 is 0 Å². The number of nitrogens with one attached hydrogen (secondary N) is 2. The van der Waals surface area contributed by atoms with Gasteiger partial charge in [0.1, 0.15) is 12.2 Å². The van der Waals surface area contributed by atoms with E-state index in [1.54, 1.807) is 6.33 Å². The zero-order valence-electron chi connectivity index (χ0n) is 9.77. The molecule has 0 aromatic carbocycles. The summed E-state index contributed by atoms with van der Waals surface area (Å²) in [6, 6.07) is 0. The summed E-state index contributed by atoms with van der Waals surface area (Å²) in [7, 11) is 1.87. The van der Waals surface area contributed by atoms with E-state index in [1.165, 1.54) is 6.20 Å². The molecule has 0 bridgehead atoms. The number of H-pyrrole nitrogens is 1. The Morgan fingerprint density at radius 3 is 3.00 bits per heavy atom. The molecule has 0 aliphatic carbocycles. The maximum Gasteiger partial charge on any atom is 0.254 e. The first-order valence-electron chi connectivity index (χ1n) is 5.29. The van der Waals surface area contributed by atoms with Crippen molar-refractivity contribution >= 4 is 5.91 Å². The van der Waals surface area contributed by atoms with Gasteiger partial charge in [-0.25, -0.2) is 0 Å². The van der Waals surface area contributed by atoms with E-state index >= 15 is 0 Å². The smallest absolute Gasteiger partial charge is 0.254 e. The van der Waals surface area contributed by atoms with Crippen molar-refractivity contribution in [3.63, 3.8) is 0 Å². The van der Waals surface area contributed by atoms with Crippen LogP contribution in [0.25, 0.3) is 0 Å². The highest BCUT2D eigenvalue weighted by atomic mass is 16.1. The van der Waals surface area contributed by atoms with Crippen LogP contribution in [0.4, 0.5) is 0 Å². The van der Waals surface area contributed by atoms with Gasteiger partial charge in [0.05, 0.1) is 11.8 Å². The standard InChI is InChI=1S/C10H14N6O/c1-7-8(5-12-14-7)10(17)11-4-3-9-15-13-6-16(9)2/h5-6H,3-4H2,1-2H3,(H,11,17)(H,12,14). The third-order valence-electron chi connectivity index (χ3n) is 2.51. The van der Waals surface area contributed by atoms with Crippen molar-refractivity contribution in [2.45, 2.75) is 13.3 Å². The Hall–Kier alpha value is -2.18. The van der Waals surface area contributed by atoms with Crippen LogP contribution in [0, 0.1) is 6.92 Å². The lowest BCUT2D eigenvalue weighted by molar-refractivity contribution is 0.0953. The topological polar surface area (TPSA) is 88.5 Å². The molecule has 2 N–H and O–H groups in total. The highest BCUT2D eigenvalue weighted by Crippen LogP contribution is 2.01. The molecule has 0 saturated carbocycles. The third-order valence-corrected chi connectivity index (χ3v) is 2.51. The largest absolute Gasteiger partial charge is 0.351 e. The molecule has 0 aliphatic heterocycles. The van der Waals surface area contributed by atoms with Gasteiger partial charge in [-0.3, -0.25) is 9.89 Å². The molecular weight excluding hydrogens is 220 g/mol. The third kappa shape index (κ3) is 2.49. The van der Waals surface area contributed by atoms with Gasteiger partial charge in [0.25, 0.3) is 5.91 Å². The Morgan fingerprint density at radius 1 is 1.59 bits per heavy atom. The van der Waals surface area contributed by atoms with E-state index in [9.17, 15) is 4.79 Å². The van der Waals surface area contributed by atoms with E-state index in [2.05, 4.69) is 25.7 Å². The van der Waals surface area contributed by atoms with E-state index in [0.29, 0.717) is 18.5 Å². The van der Waals surface area contributed by atoms with Crippen molar-refractivity contribution < 1.29 is 4.79 Å². The molecule has 0 radical (unpaired) electrons. The van der Waals surface area contributed by atoms with Crippen LogP contribution in [-0.2, 0) is 13.5 Å². The molecule has 0 saturated heterocycles. The molecule has 2 aromatic heterocycles. The van der Waals surface area contributed by atoms with Crippen LogP contribution < -0.4 is 5.32 Å². The van der Waals surface area contributed by atoms with Gasteiger partial charge in [0.2, 0.25) is 0 Å². The minimum atomic E-state index is -0.126. The molecule has 0 atom stereocenters. The van der Waals surface area contributed by atoms with Crippen molar-refractivity contribution in [2.75, 3.05) is 6.54 Å². The van der Waals surface area contributed by atoms with Gasteiger partial charge >= 0.3 is 0 Å². The van der Waals surface area contributed by atoms with E-state index in [-0.39, 0.29) is 5.91 Å². The summed E-state index contributed by atoms with van der Waals surface area (Å²) in [5.41, 5.74) is 1.34. The van der Waals surface area contributed by atoms with Crippen molar-refractivity contribution in [1.29, 1.82) is 0 Å². The fourth-order valence-electron chi connectivity index (χ4n) is 1.50. The fourth-order valence-corrected chi connectivity index (χ4v) is 1.50. The number of aromatic nitrogens is 5. The van der Waals surface area contributed by atoms with Crippen LogP contribution in [0.3, 0.4) is 0 Å². The molecule has 0 aliphatic rings. The number of rotatable bonds is 4. The normalized spacial score (nSPS) is 10.5. The van der Waals surface area contributed by atoms with Crippen LogP contribution in [0.15, 0.2) is 12.5 Å². The highest BCUT2D eigenvalue weighted by Gasteiger charge is 2.10. The lowest BCUT2D eigenvalue weighted by atomic mass is 10.2. The highest BCUT2D eigenvalue weighted by molar-refractivity contribution is 5.94. The van der Waals surface area contributed by atoms with Gasteiger partial charge in [0.15, 0.2) is 0 Å². The van der Waals surface area contributed by atoms with Gasteiger partial charge in [-0.2, -0.15) is 5.10 Å². The summed E-state index contributed by atoms with van der Waals surface area (Å²) in [6.07, 6.45) is 3.81. The maximum absolute atomic E-state index is 11.7. The monoisotopic (exact) mass is 234 g/mol. The fraction of sp³-hybridized carbons (Fsp3) is 0.400. The van der Waals surface area contributed by atoms with E-state index < -0.39 is 0 Å². The Balaban J connectivity index is 1.86. The summed E-state index contributed by atoms with van der Waals surface area (Å²) < 4.78 is 1.83. The molecule has 0 spiro atoms. The number of carbonyl (C=O) groups excluding carboxylic acids is 1. The Labute approximate surface area is 98.2 Å². The quantitative estimate of drug-likeness (QED) is 0.768. The molecule has 7 nitrogen and oxygen atoms in total. The van der Waals surface area contributed by atoms with Gasteiger partial charge in [-0.1, -0.05) is 0 Å². The second-order valence-corrected chi connectivity index (χ2v) is 3.77. The predicted octanol–water partition coefficient (Wildman–Crippen LogP) is -0.181. The first kappa shape index (κ1) is 11.3. The van der Waals surface area contributed by atoms with E-state index in [0.717, 1.165) is 11.5 Å². The summed E-state index contributed by atoms with van der Waals surface area (Å²) >= 11 is 0. The van der Waals surface area contributed by atoms with Crippen LogP contribution in [-0.4, -0.2) is 37.4 Å². The van der Waals surface area contributed by atoms with Crippen molar-refractivity contribution in [2.24, 2.45) is 7.05 Å². The molecule has 2 rings (SSSR count). The number of aryl methyl sites for hydroxylation is 2.